The molecule has 0 unspecified atom stereocenters. The maximum absolute atomic E-state index is 13.6. The molecule has 0 aromatic carbocycles. The second kappa shape index (κ2) is 5.60. The van der Waals surface area contributed by atoms with E-state index in [4.69, 9.17) is 4.74 Å². The first-order chi connectivity index (χ1) is 9.10. The number of anilines is 1. The van der Waals surface area contributed by atoms with Gasteiger partial charge in [-0.25, -0.2) is 8.78 Å². The average molecular weight is 265 g/mol. The highest BCUT2D eigenvalue weighted by Crippen LogP contribution is 2.25. The number of aryl methyl sites for hydroxylation is 1. The summed E-state index contributed by atoms with van der Waals surface area (Å²) in [4.78, 5) is 7.78. The highest BCUT2D eigenvalue weighted by molar-refractivity contribution is 5.40. The van der Waals surface area contributed by atoms with Gasteiger partial charge in [0.05, 0.1) is 6.20 Å². The molecule has 0 radical (unpaired) electrons. The predicted octanol–water partition coefficient (Wildman–Crippen LogP) is 3.29. The van der Waals surface area contributed by atoms with Crippen molar-refractivity contribution in [1.29, 1.82) is 0 Å². The zero-order chi connectivity index (χ0) is 13.8. The molecule has 2 aromatic heterocycles. The molecule has 0 amide bonds. The SMILES string of the molecule is CCNc1nc(Oc2ccc(C)nc2)c(F)cc1F. The van der Waals surface area contributed by atoms with Gasteiger partial charge in [0.1, 0.15) is 5.75 Å². The minimum atomic E-state index is -0.861. The molecule has 0 spiro atoms. The fourth-order valence-electron chi connectivity index (χ4n) is 1.44. The van der Waals surface area contributed by atoms with E-state index in [2.05, 4.69) is 15.3 Å². The quantitative estimate of drug-likeness (QED) is 0.921. The van der Waals surface area contributed by atoms with E-state index in [1.54, 1.807) is 19.1 Å². The van der Waals surface area contributed by atoms with Crippen LogP contribution in [0.25, 0.3) is 0 Å². The summed E-state index contributed by atoms with van der Waals surface area (Å²) in [6, 6.07) is 4.10. The molecule has 0 aliphatic rings. The second-order valence-electron chi connectivity index (χ2n) is 3.87. The molecule has 2 rings (SSSR count). The van der Waals surface area contributed by atoms with Crippen molar-refractivity contribution in [1.82, 2.24) is 9.97 Å². The van der Waals surface area contributed by atoms with Crippen LogP contribution in [-0.4, -0.2) is 16.5 Å². The summed E-state index contributed by atoms with van der Waals surface area (Å²) in [6.45, 7) is 4.08. The topological polar surface area (TPSA) is 47.0 Å². The first-order valence-corrected chi connectivity index (χ1v) is 5.80. The summed E-state index contributed by atoms with van der Waals surface area (Å²) in [5.41, 5.74) is 0.813. The van der Waals surface area contributed by atoms with Crippen LogP contribution < -0.4 is 10.1 Å². The Morgan fingerprint density at radius 3 is 2.68 bits per heavy atom. The number of aromatic nitrogens is 2. The minimum absolute atomic E-state index is 0.0426. The van der Waals surface area contributed by atoms with Gasteiger partial charge >= 0.3 is 0 Å². The molecule has 0 atom stereocenters. The smallest absolute Gasteiger partial charge is 0.258 e. The standard InChI is InChI=1S/C13H13F2N3O/c1-3-16-12-10(14)6-11(15)13(18-12)19-9-5-4-8(2)17-7-9/h4-7H,3H2,1-2H3,(H,16,18). The number of nitrogens with zero attached hydrogens (tertiary/aromatic N) is 2. The van der Waals surface area contributed by atoms with Crippen LogP contribution in [0.5, 0.6) is 11.6 Å². The lowest BCUT2D eigenvalue weighted by atomic mass is 10.3. The van der Waals surface area contributed by atoms with Gasteiger partial charge in [-0.3, -0.25) is 4.98 Å². The molecule has 0 bridgehead atoms. The lowest BCUT2D eigenvalue weighted by Crippen LogP contribution is -2.04. The van der Waals surface area contributed by atoms with E-state index >= 15 is 0 Å². The Hall–Kier alpha value is -2.24. The molecule has 4 nitrogen and oxygen atoms in total. The van der Waals surface area contributed by atoms with Gasteiger partial charge in [-0.2, -0.15) is 4.98 Å². The number of pyridine rings is 2. The van der Waals surface area contributed by atoms with Crippen LogP contribution in [0.2, 0.25) is 0 Å². The molecule has 19 heavy (non-hydrogen) atoms. The predicted molar refractivity (Wildman–Crippen MR) is 67.4 cm³/mol. The Kier molecular flexibility index (Phi) is 3.89. The third kappa shape index (κ3) is 3.15. The van der Waals surface area contributed by atoms with Crippen LogP contribution in [0.4, 0.5) is 14.6 Å². The van der Waals surface area contributed by atoms with Crippen LogP contribution in [0.3, 0.4) is 0 Å². The second-order valence-corrected chi connectivity index (χ2v) is 3.87. The van der Waals surface area contributed by atoms with Gasteiger partial charge in [-0.05, 0) is 26.0 Å². The Balaban J connectivity index is 2.28. The van der Waals surface area contributed by atoms with Crippen LogP contribution in [-0.2, 0) is 0 Å². The summed E-state index contributed by atoms with van der Waals surface area (Å²) in [5.74, 6) is -1.61. The van der Waals surface area contributed by atoms with Crippen molar-refractivity contribution >= 4 is 5.82 Å². The fraction of sp³-hybridized carbons (Fsp3) is 0.231. The zero-order valence-electron chi connectivity index (χ0n) is 10.6. The zero-order valence-corrected chi connectivity index (χ0v) is 10.6. The van der Waals surface area contributed by atoms with Gasteiger partial charge in [0, 0.05) is 18.3 Å². The maximum atomic E-state index is 13.6. The van der Waals surface area contributed by atoms with E-state index in [0.29, 0.717) is 12.3 Å². The van der Waals surface area contributed by atoms with E-state index in [9.17, 15) is 8.78 Å². The van der Waals surface area contributed by atoms with Crippen LogP contribution in [0.1, 0.15) is 12.6 Å². The van der Waals surface area contributed by atoms with E-state index in [1.165, 1.54) is 6.20 Å². The average Bonchev–Trinajstić information content (AvgIpc) is 2.38. The van der Waals surface area contributed by atoms with E-state index in [-0.39, 0.29) is 11.7 Å². The molecule has 0 saturated heterocycles. The Bertz CT molecular complexity index is 573. The van der Waals surface area contributed by atoms with Crippen molar-refractivity contribution in [2.75, 3.05) is 11.9 Å². The van der Waals surface area contributed by atoms with Gasteiger partial charge in [-0.1, -0.05) is 0 Å². The Morgan fingerprint density at radius 2 is 2.05 bits per heavy atom. The first kappa shape index (κ1) is 13.2. The molecule has 0 aliphatic heterocycles. The molecule has 1 N–H and O–H groups in total. The lowest BCUT2D eigenvalue weighted by molar-refractivity contribution is 0.416. The monoisotopic (exact) mass is 265 g/mol. The minimum Gasteiger partial charge on any atom is -0.435 e. The van der Waals surface area contributed by atoms with E-state index < -0.39 is 11.6 Å². The maximum Gasteiger partial charge on any atom is 0.258 e. The number of hydrogen-bond donors (Lipinski definition) is 1. The van der Waals surface area contributed by atoms with Gasteiger partial charge < -0.3 is 10.1 Å². The molecule has 0 aliphatic carbocycles. The normalized spacial score (nSPS) is 10.3. The van der Waals surface area contributed by atoms with E-state index in [1.807, 2.05) is 6.92 Å². The summed E-state index contributed by atoms with van der Waals surface area (Å²) >= 11 is 0. The summed E-state index contributed by atoms with van der Waals surface area (Å²) < 4.78 is 32.2. The van der Waals surface area contributed by atoms with Crippen molar-refractivity contribution in [3.8, 4) is 11.6 Å². The third-order valence-corrected chi connectivity index (χ3v) is 2.34. The van der Waals surface area contributed by atoms with Crippen molar-refractivity contribution in [2.24, 2.45) is 0 Å². The number of rotatable bonds is 4. The number of halogens is 2. The van der Waals surface area contributed by atoms with E-state index in [0.717, 1.165) is 11.8 Å². The van der Waals surface area contributed by atoms with Crippen LogP contribution >= 0.6 is 0 Å². The number of ether oxygens (including phenoxy) is 1. The van der Waals surface area contributed by atoms with Gasteiger partial charge in [0.15, 0.2) is 17.5 Å². The summed E-state index contributed by atoms with van der Waals surface area (Å²) in [5, 5.41) is 2.69. The fourth-order valence-corrected chi connectivity index (χ4v) is 1.44. The van der Waals surface area contributed by atoms with Gasteiger partial charge in [0.25, 0.3) is 5.88 Å². The molecule has 2 aromatic rings. The molecule has 0 saturated carbocycles. The highest BCUT2D eigenvalue weighted by atomic mass is 19.1. The van der Waals surface area contributed by atoms with Crippen molar-refractivity contribution in [2.45, 2.75) is 13.8 Å². The summed E-state index contributed by atoms with van der Waals surface area (Å²) in [7, 11) is 0. The van der Waals surface area contributed by atoms with Gasteiger partial charge in [0.2, 0.25) is 0 Å². The summed E-state index contributed by atoms with van der Waals surface area (Å²) in [6.07, 6.45) is 1.45. The molecular weight excluding hydrogens is 252 g/mol. The Morgan fingerprint density at radius 1 is 1.26 bits per heavy atom. The Labute approximate surface area is 109 Å². The largest absolute Gasteiger partial charge is 0.435 e. The van der Waals surface area contributed by atoms with Crippen molar-refractivity contribution < 1.29 is 13.5 Å². The van der Waals surface area contributed by atoms with Gasteiger partial charge in [-0.15, -0.1) is 0 Å². The third-order valence-electron chi connectivity index (χ3n) is 2.34. The van der Waals surface area contributed by atoms with Crippen LogP contribution in [0.15, 0.2) is 24.4 Å². The highest BCUT2D eigenvalue weighted by Gasteiger charge is 2.13. The molecule has 6 heteroatoms. The lowest BCUT2D eigenvalue weighted by Gasteiger charge is -2.09. The number of hydrogen-bond acceptors (Lipinski definition) is 4. The van der Waals surface area contributed by atoms with Crippen molar-refractivity contribution in [3.05, 3.63) is 41.7 Å². The molecule has 100 valence electrons. The molecule has 2 heterocycles. The molecular formula is C13H13F2N3O. The molecule has 0 fully saturated rings. The first-order valence-electron chi connectivity index (χ1n) is 5.80. The van der Waals surface area contributed by atoms with Crippen LogP contribution in [0, 0.1) is 18.6 Å². The number of nitrogens with one attached hydrogen (secondary N) is 1. The van der Waals surface area contributed by atoms with Crippen molar-refractivity contribution in [3.63, 3.8) is 0 Å².